The molecule has 1 aromatic heterocycles. The quantitative estimate of drug-likeness (QED) is 0.830. The highest BCUT2D eigenvalue weighted by molar-refractivity contribution is 7.91. The summed E-state index contributed by atoms with van der Waals surface area (Å²) < 4.78 is 27.1. The van der Waals surface area contributed by atoms with Gasteiger partial charge in [0.05, 0.1) is 5.92 Å². The molecule has 2 aromatic rings. The van der Waals surface area contributed by atoms with E-state index in [1.165, 1.54) is 15.6 Å². The molecule has 3 heterocycles. The molecule has 0 spiro atoms. The van der Waals surface area contributed by atoms with Crippen molar-refractivity contribution in [3.63, 3.8) is 0 Å². The number of carbonyl (C=O) groups is 2. The van der Waals surface area contributed by atoms with Crippen molar-refractivity contribution in [3.8, 4) is 0 Å². The lowest BCUT2D eigenvalue weighted by atomic mass is 9.89. The van der Waals surface area contributed by atoms with Crippen LogP contribution in [0, 0.1) is 0 Å². The predicted molar refractivity (Wildman–Crippen MR) is 92.3 cm³/mol. The zero-order chi connectivity index (χ0) is 17.6. The van der Waals surface area contributed by atoms with Gasteiger partial charge in [-0.05, 0) is 34.6 Å². The molecule has 0 radical (unpaired) electrons. The van der Waals surface area contributed by atoms with Crippen LogP contribution in [0.15, 0.2) is 39.9 Å². The van der Waals surface area contributed by atoms with E-state index in [0.29, 0.717) is 30.1 Å². The van der Waals surface area contributed by atoms with Crippen molar-refractivity contribution in [1.29, 1.82) is 0 Å². The number of rotatable bonds is 3. The first-order chi connectivity index (χ1) is 11.9. The Balaban J connectivity index is 1.59. The molecule has 1 saturated heterocycles. The molecule has 6 nitrogen and oxygen atoms in total. The van der Waals surface area contributed by atoms with Gasteiger partial charge < -0.3 is 0 Å². The van der Waals surface area contributed by atoms with Crippen LogP contribution in [0.3, 0.4) is 0 Å². The van der Waals surface area contributed by atoms with Gasteiger partial charge in [-0.25, -0.2) is 8.42 Å². The summed E-state index contributed by atoms with van der Waals surface area (Å²) >= 11 is 1.21. The number of nitrogens with one attached hydrogen (secondary N) is 1. The third-order valence-electron chi connectivity index (χ3n) is 4.65. The van der Waals surface area contributed by atoms with E-state index in [2.05, 4.69) is 5.32 Å². The summed E-state index contributed by atoms with van der Waals surface area (Å²) in [4.78, 5) is 23.3. The zero-order valence-electron chi connectivity index (χ0n) is 13.3. The molecule has 0 bridgehead atoms. The third-order valence-corrected chi connectivity index (χ3v) is 7.82. The van der Waals surface area contributed by atoms with Gasteiger partial charge in [-0.1, -0.05) is 24.3 Å². The van der Waals surface area contributed by atoms with Gasteiger partial charge in [-0.2, -0.15) is 4.31 Å². The molecule has 1 unspecified atom stereocenters. The number of fused-ring (bicyclic) bond motifs is 1. The first-order valence-corrected chi connectivity index (χ1v) is 10.3. The number of hydrogen-bond donors (Lipinski definition) is 1. The van der Waals surface area contributed by atoms with Crippen LogP contribution >= 0.6 is 11.3 Å². The van der Waals surface area contributed by atoms with Crippen molar-refractivity contribution in [3.05, 3.63) is 52.4 Å². The fourth-order valence-corrected chi connectivity index (χ4v) is 5.86. The van der Waals surface area contributed by atoms with E-state index in [4.69, 9.17) is 0 Å². The molecule has 2 aliphatic heterocycles. The normalized spacial score (nSPS) is 21.2. The lowest BCUT2D eigenvalue weighted by Crippen LogP contribution is -2.39. The SMILES string of the molecule is O=C1CCC(c2ccc3c(c2)CN(S(=O)(=O)c2cccs2)C3)C(=O)N1. The van der Waals surface area contributed by atoms with Gasteiger partial charge in [-0.15, -0.1) is 11.3 Å². The summed E-state index contributed by atoms with van der Waals surface area (Å²) in [7, 11) is -3.49. The summed E-state index contributed by atoms with van der Waals surface area (Å²) in [6.45, 7) is 0.641. The molecule has 1 atom stereocenters. The molecule has 0 saturated carbocycles. The van der Waals surface area contributed by atoms with E-state index >= 15 is 0 Å². The number of sulfonamides is 1. The fraction of sp³-hybridized carbons (Fsp3) is 0.294. The maximum absolute atomic E-state index is 12.7. The van der Waals surface area contributed by atoms with Gasteiger partial charge in [0.15, 0.2) is 0 Å². The van der Waals surface area contributed by atoms with Crippen LogP contribution in [0.4, 0.5) is 0 Å². The lowest BCUT2D eigenvalue weighted by molar-refractivity contribution is -0.134. The number of thiophene rings is 1. The molecule has 8 heteroatoms. The number of piperidine rings is 1. The van der Waals surface area contributed by atoms with Gasteiger partial charge in [0.25, 0.3) is 10.0 Å². The molecular weight excluding hydrogens is 360 g/mol. The average Bonchev–Trinajstić information content (AvgIpc) is 3.24. The minimum Gasteiger partial charge on any atom is -0.296 e. The Morgan fingerprint density at radius 2 is 1.92 bits per heavy atom. The lowest BCUT2D eigenvalue weighted by Gasteiger charge is -2.21. The van der Waals surface area contributed by atoms with E-state index < -0.39 is 10.0 Å². The number of nitrogens with zero attached hydrogens (tertiary/aromatic N) is 1. The summed E-state index contributed by atoms with van der Waals surface area (Å²) in [5.41, 5.74) is 2.71. The molecule has 4 rings (SSSR count). The standard InChI is InChI=1S/C17H16N2O4S2/c20-15-6-5-14(17(21)18-15)11-3-4-12-9-19(10-13(12)8-11)25(22,23)16-2-1-7-24-16/h1-4,7-8,14H,5-6,9-10H2,(H,18,20,21). The second kappa shape index (κ2) is 6.05. The first-order valence-electron chi connectivity index (χ1n) is 7.94. The van der Waals surface area contributed by atoms with Gasteiger partial charge >= 0.3 is 0 Å². The minimum absolute atomic E-state index is 0.240. The van der Waals surface area contributed by atoms with Crippen LogP contribution < -0.4 is 5.32 Å². The summed E-state index contributed by atoms with van der Waals surface area (Å²) in [5.74, 6) is -0.876. The highest BCUT2D eigenvalue weighted by Crippen LogP contribution is 2.33. The largest absolute Gasteiger partial charge is 0.296 e. The van der Waals surface area contributed by atoms with Gasteiger partial charge in [0, 0.05) is 19.5 Å². The number of imide groups is 1. The highest BCUT2D eigenvalue weighted by Gasteiger charge is 2.33. The summed E-state index contributed by atoms with van der Waals surface area (Å²) in [6, 6.07) is 8.98. The summed E-state index contributed by atoms with van der Waals surface area (Å²) in [6.07, 6.45) is 0.813. The Labute approximate surface area is 149 Å². The molecular formula is C17H16N2O4S2. The number of hydrogen-bond acceptors (Lipinski definition) is 5. The number of carbonyl (C=O) groups excluding carboxylic acids is 2. The predicted octanol–water partition coefficient (Wildman–Crippen LogP) is 1.97. The topological polar surface area (TPSA) is 83.6 Å². The van der Waals surface area contributed by atoms with Crippen LogP contribution in [0.25, 0.3) is 0 Å². The maximum atomic E-state index is 12.7. The van der Waals surface area contributed by atoms with Crippen molar-refractivity contribution in [2.24, 2.45) is 0 Å². The van der Waals surface area contributed by atoms with Crippen molar-refractivity contribution in [2.45, 2.75) is 36.1 Å². The smallest absolute Gasteiger partial charge is 0.253 e. The average molecular weight is 376 g/mol. The Morgan fingerprint density at radius 1 is 1.12 bits per heavy atom. The van der Waals surface area contributed by atoms with Crippen LogP contribution in [-0.2, 0) is 32.7 Å². The van der Waals surface area contributed by atoms with Crippen LogP contribution in [-0.4, -0.2) is 24.5 Å². The molecule has 130 valence electrons. The maximum Gasteiger partial charge on any atom is 0.253 e. The Morgan fingerprint density at radius 3 is 2.64 bits per heavy atom. The van der Waals surface area contributed by atoms with E-state index in [0.717, 1.165) is 16.7 Å². The number of amides is 2. The molecule has 1 N–H and O–H groups in total. The van der Waals surface area contributed by atoms with E-state index in [1.54, 1.807) is 17.5 Å². The Hall–Kier alpha value is -2.03. The van der Waals surface area contributed by atoms with Crippen molar-refractivity contribution < 1.29 is 18.0 Å². The third kappa shape index (κ3) is 2.90. The van der Waals surface area contributed by atoms with Crippen molar-refractivity contribution in [2.75, 3.05) is 0 Å². The number of benzene rings is 1. The highest BCUT2D eigenvalue weighted by atomic mass is 32.2. The molecule has 2 amide bonds. The first kappa shape index (κ1) is 16.4. The molecule has 2 aliphatic rings. The second-order valence-electron chi connectivity index (χ2n) is 6.24. The fourth-order valence-electron chi connectivity index (χ4n) is 3.32. The van der Waals surface area contributed by atoms with Crippen LogP contribution in [0.2, 0.25) is 0 Å². The van der Waals surface area contributed by atoms with Gasteiger partial charge in [-0.3, -0.25) is 14.9 Å². The monoisotopic (exact) mass is 376 g/mol. The van der Waals surface area contributed by atoms with Gasteiger partial charge in [0.1, 0.15) is 4.21 Å². The molecule has 1 aromatic carbocycles. The summed E-state index contributed by atoms with van der Waals surface area (Å²) in [5, 5.41) is 4.11. The van der Waals surface area contributed by atoms with Crippen LogP contribution in [0.1, 0.15) is 35.4 Å². The van der Waals surface area contributed by atoms with Crippen molar-refractivity contribution in [1.82, 2.24) is 9.62 Å². The molecule has 0 aliphatic carbocycles. The Bertz CT molecular complexity index is 951. The minimum atomic E-state index is -3.49. The van der Waals surface area contributed by atoms with Crippen molar-refractivity contribution >= 4 is 33.2 Å². The zero-order valence-corrected chi connectivity index (χ0v) is 14.9. The van der Waals surface area contributed by atoms with E-state index in [1.807, 2.05) is 18.2 Å². The Kier molecular flexibility index (Phi) is 3.98. The molecule has 1 fully saturated rings. The van der Waals surface area contributed by atoms with E-state index in [-0.39, 0.29) is 17.7 Å². The van der Waals surface area contributed by atoms with Gasteiger partial charge in [0.2, 0.25) is 11.8 Å². The molecule has 25 heavy (non-hydrogen) atoms. The second-order valence-corrected chi connectivity index (χ2v) is 9.35. The van der Waals surface area contributed by atoms with E-state index in [9.17, 15) is 18.0 Å². The van der Waals surface area contributed by atoms with Crippen LogP contribution in [0.5, 0.6) is 0 Å².